The summed E-state index contributed by atoms with van der Waals surface area (Å²) in [4.78, 5) is 13.0. The molecule has 0 aliphatic rings. The van der Waals surface area contributed by atoms with Crippen LogP contribution in [0.4, 0.5) is 10.1 Å². The maximum atomic E-state index is 13.4. The molecule has 0 atom stereocenters. The second-order valence-corrected chi connectivity index (χ2v) is 8.27. The average Bonchev–Trinajstić information content (AvgIpc) is 3.31. The Hall–Kier alpha value is -4.90. The third-order valence-electron chi connectivity index (χ3n) is 5.76. The zero-order valence-electron chi connectivity index (χ0n) is 20.7. The van der Waals surface area contributed by atoms with Gasteiger partial charge in [-0.15, -0.1) is 0 Å². The molecule has 3 aromatic carbocycles. The number of aryl methyl sites for hydroxylation is 1. The van der Waals surface area contributed by atoms with E-state index in [1.807, 2.05) is 37.3 Å². The summed E-state index contributed by atoms with van der Waals surface area (Å²) in [7, 11) is 3.09. The van der Waals surface area contributed by atoms with Crippen molar-refractivity contribution in [3.05, 3.63) is 101 Å². The highest BCUT2D eigenvalue weighted by atomic mass is 19.1. The number of halogens is 1. The first-order chi connectivity index (χ1) is 17.9. The van der Waals surface area contributed by atoms with Crippen LogP contribution in [0.5, 0.6) is 11.5 Å². The Morgan fingerprint density at radius 3 is 2.49 bits per heavy atom. The summed E-state index contributed by atoms with van der Waals surface area (Å²) in [6.07, 6.45) is 3.25. The molecule has 1 heterocycles. The van der Waals surface area contributed by atoms with Gasteiger partial charge in [0.15, 0.2) is 11.5 Å². The van der Waals surface area contributed by atoms with Gasteiger partial charge in [-0.3, -0.25) is 9.48 Å². The van der Waals surface area contributed by atoms with Crippen molar-refractivity contribution in [1.29, 1.82) is 5.26 Å². The lowest BCUT2D eigenvalue weighted by Gasteiger charge is -2.09. The van der Waals surface area contributed by atoms with Gasteiger partial charge in [-0.25, -0.2) is 4.39 Å². The van der Waals surface area contributed by atoms with E-state index in [4.69, 9.17) is 14.6 Å². The summed E-state index contributed by atoms with van der Waals surface area (Å²) < 4.78 is 25.8. The molecule has 0 aliphatic heterocycles. The highest BCUT2D eigenvalue weighted by Crippen LogP contribution is 2.34. The van der Waals surface area contributed by atoms with Crippen molar-refractivity contribution in [3.63, 3.8) is 0 Å². The quantitative estimate of drug-likeness (QED) is 0.253. The number of rotatable bonds is 8. The Bertz CT molecular complexity index is 1500. The normalized spacial score (nSPS) is 11.1. The van der Waals surface area contributed by atoms with Crippen molar-refractivity contribution < 1.29 is 18.7 Å². The number of aromatic nitrogens is 2. The molecule has 8 heteroatoms. The van der Waals surface area contributed by atoms with E-state index < -0.39 is 5.91 Å². The van der Waals surface area contributed by atoms with Gasteiger partial charge in [-0.1, -0.05) is 30.3 Å². The van der Waals surface area contributed by atoms with E-state index in [1.165, 1.54) is 18.2 Å². The van der Waals surface area contributed by atoms with Crippen molar-refractivity contribution in [2.45, 2.75) is 13.5 Å². The highest BCUT2D eigenvalue weighted by Gasteiger charge is 2.17. The van der Waals surface area contributed by atoms with Crippen LogP contribution < -0.4 is 14.8 Å². The van der Waals surface area contributed by atoms with E-state index in [2.05, 4.69) is 5.32 Å². The SMILES string of the molecule is COc1ccc(-c2nn(Cc3ccc(F)cc3)cc2C=C(C#N)C(=O)Nc2ccccc2C)cc1OC. The van der Waals surface area contributed by atoms with Gasteiger partial charge in [0.2, 0.25) is 0 Å². The minimum Gasteiger partial charge on any atom is -0.493 e. The third kappa shape index (κ3) is 5.85. The number of nitrogens with one attached hydrogen (secondary N) is 1. The monoisotopic (exact) mass is 496 g/mol. The molecule has 0 unspecified atom stereocenters. The number of methoxy groups -OCH3 is 2. The van der Waals surface area contributed by atoms with Gasteiger partial charge >= 0.3 is 0 Å². The molecule has 4 rings (SSSR count). The first kappa shape index (κ1) is 25.2. The number of nitriles is 1. The molecule has 0 spiro atoms. The second-order valence-electron chi connectivity index (χ2n) is 8.27. The van der Waals surface area contributed by atoms with Crippen LogP contribution >= 0.6 is 0 Å². The summed E-state index contributed by atoms with van der Waals surface area (Å²) >= 11 is 0. The summed E-state index contributed by atoms with van der Waals surface area (Å²) in [5.41, 5.74) is 4.08. The molecule has 0 saturated heterocycles. The van der Waals surface area contributed by atoms with Crippen molar-refractivity contribution in [2.75, 3.05) is 19.5 Å². The Labute approximate surface area is 214 Å². The zero-order valence-corrected chi connectivity index (χ0v) is 20.7. The van der Waals surface area contributed by atoms with Crippen LogP contribution in [-0.4, -0.2) is 29.9 Å². The molecule has 186 valence electrons. The molecule has 37 heavy (non-hydrogen) atoms. The number of benzene rings is 3. The molecule has 0 saturated carbocycles. The van der Waals surface area contributed by atoms with Gasteiger partial charge in [-0.2, -0.15) is 10.4 Å². The summed E-state index contributed by atoms with van der Waals surface area (Å²) in [5, 5.41) is 17.3. The molecule has 0 fully saturated rings. The molecular weight excluding hydrogens is 471 g/mol. The number of anilines is 1. The molecular formula is C29H25FN4O3. The molecule has 1 aromatic heterocycles. The number of nitrogens with zero attached hydrogens (tertiary/aromatic N) is 3. The first-order valence-electron chi connectivity index (χ1n) is 11.4. The molecule has 0 bridgehead atoms. The standard InChI is InChI=1S/C29H25FN4O3/c1-19-6-4-5-7-25(19)32-29(35)22(16-31)14-23-18-34(17-20-8-11-24(30)12-9-20)33-28(23)21-10-13-26(36-2)27(15-21)37-3/h4-15,18H,17H2,1-3H3,(H,32,35). The van der Waals surface area contributed by atoms with Crippen LogP contribution in [-0.2, 0) is 11.3 Å². The maximum absolute atomic E-state index is 13.4. The van der Waals surface area contributed by atoms with Gasteiger partial charge in [0.1, 0.15) is 17.5 Å². The molecule has 4 aromatic rings. The first-order valence-corrected chi connectivity index (χ1v) is 11.4. The van der Waals surface area contributed by atoms with Crippen LogP contribution in [0.15, 0.2) is 78.5 Å². The fraction of sp³-hybridized carbons (Fsp3) is 0.138. The number of para-hydroxylation sites is 1. The Balaban J connectivity index is 1.75. The van der Waals surface area contributed by atoms with Gasteiger partial charge in [0, 0.05) is 23.0 Å². The molecule has 0 radical (unpaired) electrons. The van der Waals surface area contributed by atoms with Crippen LogP contribution in [0.3, 0.4) is 0 Å². The molecule has 7 nitrogen and oxygen atoms in total. The Morgan fingerprint density at radius 2 is 1.81 bits per heavy atom. The van der Waals surface area contributed by atoms with Crippen LogP contribution in [0.25, 0.3) is 17.3 Å². The maximum Gasteiger partial charge on any atom is 0.266 e. The van der Waals surface area contributed by atoms with Crippen LogP contribution in [0.2, 0.25) is 0 Å². The van der Waals surface area contributed by atoms with E-state index in [-0.39, 0.29) is 11.4 Å². The number of hydrogen-bond donors (Lipinski definition) is 1. The number of ether oxygens (including phenoxy) is 2. The van der Waals surface area contributed by atoms with Gasteiger partial charge in [0.25, 0.3) is 5.91 Å². The average molecular weight is 497 g/mol. The van der Waals surface area contributed by atoms with E-state index in [0.29, 0.717) is 40.6 Å². The zero-order chi connectivity index (χ0) is 26.4. The summed E-state index contributed by atoms with van der Waals surface area (Å²) in [5.74, 6) is 0.226. The predicted octanol–water partition coefficient (Wildman–Crippen LogP) is 5.61. The van der Waals surface area contributed by atoms with E-state index in [1.54, 1.807) is 55.4 Å². The van der Waals surface area contributed by atoms with E-state index >= 15 is 0 Å². The fourth-order valence-electron chi connectivity index (χ4n) is 3.82. The molecule has 1 amide bonds. The minimum atomic E-state index is -0.527. The van der Waals surface area contributed by atoms with Crippen molar-refractivity contribution in [1.82, 2.24) is 9.78 Å². The number of amides is 1. The number of carbonyl (C=O) groups is 1. The smallest absolute Gasteiger partial charge is 0.266 e. The van der Waals surface area contributed by atoms with Gasteiger partial charge in [0.05, 0.1) is 26.5 Å². The number of carbonyl (C=O) groups excluding carboxylic acids is 1. The summed E-state index contributed by atoms with van der Waals surface area (Å²) in [6, 6.07) is 20.8. The summed E-state index contributed by atoms with van der Waals surface area (Å²) in [6.45, 7) is 2.24. The van der Waals surface area contributed by atoms with Gasteiger partial charge in [-0.05, 0) is 60.5 Å². The van der Waals surface area contributed by atoms with E-state index in [0.717, 1.165) is 11.1 Å². The lowest BCUT2D eigenvalue weighted by atomic mass is 10.0. The largest absolute Gasteiger partial charge is 0.493 e. The molecule has 0 aliphatic carbocycles. The third-order valence-corrected chi connectivity index (χ3v) is 5.76. The lowest BCUT2D eigenvalue weighted by molar-refractivity contribution is -0.112. The topological polar surface area (TPSA) is 89.2 Å². The number of hydrogen-bond acceptors (Lipinski definition) is 5. The Morgan fingerprint density at radius 1 is 1.08 bits per heavy atom. The minimum absolute atomic E-state index is 0.0775. The predicted molar refractivity (Wildman–Crippen MR) is 140 cm³/mol. The lowest BCUT2D eigenvalue weighted by Crippen LogP contribution is -2.14. The van der Waals surface area contributed by atoms with Gasteiger partial charge < -0.3 is 14.8 Å². The molecule has 1 N–H and O–H groups in total. The van der Waals surface area contributed by atoms with Crippen molar-refractivity contribution >= 4 is 17.7 Å². The van der Waals surface area contributed by atoms with Crippen molar-refractivity contribution in [2.24, 2.45) is 0 Å². The fourth-order valence-corrected chi connectivity index (χ4v) is 3.82. The van der Waals surface area contributed by atoms with Crippen LogP contribution in [0, 0.1) is 24.1 Å². The van der Waals surface area contributed by atoms with E-state index in [9.17, 15) is 14.4 Å². The Kier molecular flexibility index (Phi) is 7.65. The second kappa shape index (κ2) is 11.2. The highest BCUT2D eigenvalue weighted by molar-refractivity contribution is 6.10. The van der Waals surface area contributed by atoms with Crippen molar-refractivity contribution in [3.8, 4) is 28.8 Å². The van der Waals surface area contributed by atoms with Crippen LogP contribution in [0.1, 0.15) is 16.7 Å².